The number of rotatable bonds is 4. The van der Waals surface area contributed by atoms with Gasteiger partial charge in [0.15, 0.2) is 5.96 Å². The van der Waals surface area contributed by atoms with E-state index in [1.54, 1.807) is 0 Å². The molecule has 0 bridgehead atoms. The van der Waals surface area contributed by atoms with Crippen LogP contribution >= 0.6 is 11.8 Å². The summed E-state index contributed by atoms with van der Waals surface area (Å²) in [6, 6.07) is 0.470. The van der Waals surface area contributed by atoms with E-state index in [0.717, 1.165) is 25.6 Å². The fourth-order valence-corrected chi connectivity index (χ4v) is 3.00. The number of nitrogens with zero attached hydrogens (tertiary/aromatic N) is 4. The van der Waals surface area contributed by atoms with Gasteiger partial charge in [0.05, 0.1) is 12.4 Å². The van der Waals surface area contributed by atoms with Crippen LogP contribution in [0.5, 0.6) is 0 Å². The quantitative estimate of drug-likeness (QED) is 0.683. The Kier molecular flexibility index (Phi) is 5.96. The lowest BCUT2D eigenvalue weighted by Crippen LogP contribution is -2.49. The van der Waals surface area contributed by atoms with E-state index in [-0.39, 0.29) is 0 Å². The molecule has 6 heteroatoms. The van der Waals surface area contributed by atoms with E-state index < -0.39 is 0 Å². The highest BCUT2D eigenvalue weighted by Gasteiger charge is 2.28. The van der Waals surface area contributed by atoms with Gasteiger partial charge in [0.25, 0.3) is 0 Å². The van der Waals surface area contributed by atoms with Crippen LogP contribution in [0.3, 0.4) is 0 Å². The average Bonchev–Trinajstić information content (AvgIpc) is 3.03. The predicted octanol–water partition coefficient (Wildman–Crippen LogP) is 2.09. The normalized spacial score (nSPS) is 25.0. The first-order valence-electron chi connectivity index (χ1n) is 7.61. The topological polar surface area (TPSA) is 45.5 Å². The molecule has 1 aliphatic heterocycles. The minimum atomic E-state index is 0.470. The van der Waals surface area contributed by atoms with Gasteiger partial charge in [-0.2, -0.15) is 11.8 Å². The largest absolute Gasteiger partial charge is 0.355 e. The summed E-state index contributed by atoms with van der Waals surface area (Å²) < 4.78 is 2.23. The molecule has 0 spiro atoms. The first kappa shape index (κ1) is 16.2. The fraction of sp³-hybridized carbons (Fsp3) is 0.733. The van der Waals surface area contributed by atoms with Crippen LogP contribution < -0.4 is 5.32 Å². The molecular weight excluding hydrogens is 282 g/mol. The average molecular weight is 309 g/mol. The first-order chi connectivity index (χ1) is 10.2. The molecule has 1 fully saturated rings. The summed E-state index contributed by atoms with van der Waals surface area (Å²) in [6.07, 6.45) is 9.18. The number of piperidine rings is 1. The fourth-order valence-electron chi connectivity index (χ4n) is 2.75. The molecule has 118 valence electrons. The molecule has 1 aliphatic rings. The number of thioether (sulfide) groups is 1. The summed E-state index contributed by atoms with van der Waals surface area (Å²) in [5, 5.41) is 4.09. The van der Waals surface area contributed by atoms with Crippen molar-refractivity contribution < 1.29 is 0 Å². The molecule has 1 aromatic rings. The van der Waals surface area contributed by atoms with Gasteiger partial charge in [-0.1, -0.05) is 13.8 Å². The molecule has 3 atom stereocenters. The molecule has 1 aromatic heterocycles. The summed E-state index contributed by atoms with van der Waals surface area (Å²) >= 11 is 1.87. The van der Waals surface area contributed by atoms with Gasteiger partial charge in [-0.15, -0.1) is 0 Å². The van der Waals surface area contributed by atoms with Crippen molar-refractivity contribution in [3.63, 3.8) is 0 Å². The van der Waals surface area contributed by atoms with E-state index in [1.165, 1.54) is 6.42 Å². The van der Waals surface area contributed by atoms with Crippen molar-refractivity contribution in [2.45, 2.75) is 31.6 Å². The van der Waals surface area contributed by atoms with Crippen LogP contribution in [-0.4, -0.2) is 58.6 Å². The molecule has 0 saturated carbocycles. The zero-order chi connectivity index (χ0) is 15.2. The van der Waals surface area contributed by atoms with Crippen LogP contribution in [0.4, 0.5) is 0 Å². The summed E-state index contributed by atoms with van der Waals surface area (Å²) in [4.78, 5) is 11.0. The van der Waals surface area contributed by atoms with E-state index in [1.807, 2.05) is 31.3 Å². The Morgan fingerprint density at radius 3 is 3.00 bits per heavy atom. The van der Waals surface area contributed by atoms with Crippen LogP contribution in [0.1, 0.15) is 26.3 Å². The molecule has 5 nitrogen and oxygen atoms in total. The van der Waals surface area contributed by atoms with Gasteiger partial charge >= 0.3 is 0 Å². The molecule has 2 heterocycles. The Labute approximate surface area is 132 Å². The number of aromatic nitrogens is 2. The second-order valence-electron chi connectivity index (χ2n) is 5.76. The Morgan fingerprint density at radius 1 is 1.57 bits per heavy atom. The highest BCUT2D eigenvalue weighted by molar-refractivity contribution is 7.99. The molecular formula is C15H27N5S. The Bertz CT molecular complexity index is 445. The van der Waals surface area contributed by atoms with Crippen molar-refractivity contribution in [3.05, 3.63) is 18.7 Å². The van der Waals surface area contributed by atoms with Gasteiger partial charge in [0.2, 0.25) is 0 Å². The van der Waals surface area contributed by atoms with Gasteiger partial charge < -0.3 is 14.8 Å². The maximum atomic E-state index is 4.46. The zero-order valence-corrected chi connectivity index (χ0v) is 14.3. The van der Waals surface area contributed by atoms with Crippen LogP contribution in [0.2, 0.25) is 0 Å². The van der Waals surface area contributed by atoms with Crippen molar-refractivity contribution in [1.82, 2.24) is 19.8 Å². The van der Waals surface area contributed by atoms with E-state index in [2.05, 4.69) is 51.1 Å². The van der Waals surface area contributed by atoms with Gasteiger partial charge in [-0.05, 0) is 18.6 Å². The number of hydrogen-bond donors (Lipinski definition) is 1. The van der Waals surface area contributed by atoms with E-state index in [9.17, 15) is 0 Å². The van der Waals surface area contributed by atoms with Crippen LogP contribution in [0.15, 0.2) is 23.7 Å². The van der Waals surface area contributed by atoms with E-state index >= 15 is 0 Å². The van der Waals surface area contributed by atoms with Gasteiger partial charge in [-0.3, -0.25) is 4.99 Å². The molecule has 3 unspecified atom stereocenters. The summed E-state index contributed by atoms with van der Waals surface area (Å²) in [5.41, 5.74) is 0. The Morgan fingerprint density at radius 2 is 2.38 bits per heavy atom. The molecule has 1 saturated heterocycles. The molecule has 0 aromatic carbocycles. The monoisotopic (exact) mass is 309 g/mol. The van der Waals surface area contributed by atoms with Gasteiger partial charge in [0, 0.05) is 44.3 Å². The SMILES string of the molecule is CN=C(NCC(C)SC)N1CCC(C)C(n2ccnc2)C1. The lowest BCUT2D eigenvalue weighted by atomic mass is 9.93. The van der Waals surface area contributed by atoms with Crippen molar-refractivity contribution >= 4 is 17.7 Å². The van der Waals surface area contributed by atoms with E-state index in [0.29, 0.717) is 17.2 Å². The highest BCUT2D eigenvalue weighted by atomic mass is 32.2. The molecule has 21 heavy (non-hydrogen) atoms. The molecule has 0 amide bonds. The lowest BCUT2D eigenvalue weighted by Gasteiger charge is -2.39. The molecule has 1 N–H and O–H groups in total. The third kappa shape index (κ3) is 4.15. The number of aliphatic imine (C=N–C) groups is 1. The minimum absolute atomic E-state index is 0.470. The molecule has 0 aliphatic carbocycles. The number of nitrogens with one attached hydrogen (secondary N) is 1. The summed E-state index contributed by atoms with van der Waals surface area (Å²) in [5.74, 6) is 1.69. The minimum Gasteiger partial charge on any atom is -0.355 e. The van der Waals surface area contributed by atoms with Gasteiger partial charge in [0.1, 0.15) is 0 Å². The number of imidazole rings is 1. The van der Waals surface area contributed by atoms with Crippen molar-refractivity contribution in [3.8, 4) is 0 Å². The number of guanidine groups is 1. The second kappa shape index (κ2) is 7.73. The van der Waals surface area contributed by atoms with Crippen LogP contribution in [0.25, 0.3) is 0 Å². The van der Waals surface area contributed by atoms with Crippen LogP contribution in [-0.2, 0) is 0 Å². The standard InChI is InChI=1S/C15H27N5S/c1-12-5-7-19(10-14(12)20-8-6-17-11-20)15(16-3)18-9-13(2)21-4/h6,8,11-14H,5,7,9-10H2,1-4H3,(H,16,18). The van der Waals surface area contributed by atoms with Crippen LogP contribution in [0, 0.1) is 5.92 Å². The van der Waals surface area contributed by atoms with Crippen molar-refractivity contribution in [2.75, 3.05) is 32.9 Å². The zero-order valence-electron chi connectivity index (χ0n) is 13.5. The van der Waals surface area contributed by atoms with E-state index in [4.69, 9.17) is 0 Å². The highest BCUT2D eigenvalue weighted by Crippen LogP contribution is 2.27. The maximum Gasteiger partial charge on any atom is 0.193 e. The molecule has 2 rings (SSSR count). The second-order valence-corrected chi connectivity index (χ2v) is 7.04. The third-order valence-corrected chi connectivity index (χ3v) is 5.26. The third-order valence-electron chi connectivity index (χ3n) is 4.29. The van der Waals surface area contributed by atoms with Crippen molar-refractivity contribution in [2.24, 2.45) is 10.9 Å². The molecule has 0 radical (unpaired) electrons. The Hall–Kier alpha value is -1.17. The Balaban J connectivity index is 1.99. The van der Waals surface area contributed by atoms with Crippen molar-refractivity contribution in [1.29, 1.82) is 0 Å². The predicted molar refractivity (Wildman–Crippen MR) is 91.0 cm³/mol. The summed E-state index contributed by atoms with van der Waals surface area (Å²) in [6.45, 7) is 7.58. The lowest BCUT2D eigenvalue weighted by molar-refractivity contribution is 0.189. The summed E-state index contributed by atoms with van der Waals surface area (Å²) in [7, 11) is 1.87. The van der Waals surface area contributed by atoms with Gasteiger partial charge in [-0.25, -0.2) is 4.98 Å². The first-order valence-corrected chi connectivity index (χ1v) is 8.90. The number of likely N-dealkylation sites (tertiary alicyclic amines) is 1. The smallest absolute Gasteiger partial charge is 0.193 e. The number of hydrogen-bond acceptors (Lipinski definition) is 3. The maximum absolute atomic E-state index is 4.46.